The third kappa shape index (κ3) is 4.15. The van der Waals surface area contributed by atoms with E-state index in [-0.39, 0.29) is 29.2 Å². The van der Waals surface area contributed by atoms with Crippen molar-refractivity contribution >= 4 is 34.4 Å². The third-order valence-corrected chi connectivity index (χ3v) is 5.94. The lowest BCUT2D eigenvalue weighted by Gasteiger charge is -2.26. The van der Waals surface area contributed by atoms with Gasteiger partial charge in [-0.1, -0.05) is 18.2 Å². The molecular weight excluding hydrogens is 421 g/mol. The number of anilines is 3. The number of fused-ring (bicyclic) bond motifs is 1. The first kappa shape index (κ1) is 21.7. The molecule has 0 radical (unpaired) electrons. The number of hydrogen-bond acceptors (Lipinski definition) is 4. The molecule has 2 aromatic rings. The first-order valence-corrected chi connectivity index (χ1v) is 10.2. The average molecular weight is 444 g/mol. The Morgan fingerprint density at radius 3 is 2.72 bits per heavy atom. The molecule has 2 aliphatic rings. The number of hydrogen-bond donors (Lipinski definition) is 2. The maximum atomic E-state index is 13.9. The van der Waals surface area contributed by atoms with E-state index in [4.69, 9.17) is 0 Å². The maximum Gasteiger partial charge on any atom is 0.418 e. The van der Waals surface area contributed by atoms with Gasteiger partial charge in [0.15, 0.2) is 0 Å². The number of nitrogens with one attached hydrogen (secondary N) is 2. The van der Waals surface area contributed by atoms with Crippen molar-refractivity contribution in [3.8, 4) is 0 Å². The molecule has 9 heteroatoms. The number of benzene rings is 2. The Morgan fingerprint density at radius 1 is 1.25 bits per heavy atom. The molecule has 4 rings (SSSR count). The highest BCUT2D eigenvalue weighted by atomic mass is 19.4. The lowest BCUT2D eigenvalue weighted by molar-refractivity contribution is -0.137. The fourth-order valence-electron chi connectivity index (χ4n) is 4.10. The molecule has 2 N–H and O–H groups in total. The summed E-state index contributed by atoms with van der Waals surface area (Å²) in [6, 6.07) is 11.0. The van der Waals surface area contributed by atoms with Crippen LogP contribution in [0, 0.1) is 0 Å². The van der Waals surface area contributed by atoms with E-state index >= 15 is 0 Å². The summed E-state index contributed by atoms with van der Waals surface area (Å²) in [5.41, 5.74) is 1.25. The predicted molar refractivity (Wildman–Crippen MR) is 117 cm³/mol. The molecule has 1 atom stereocenters. The molecule has 0 saturated carbocycles. The van der Waals surface area contributed by atoms with Gasteiger partial charge in [-0.2, -0.15) is 13.2 Å². The molecule has 2 aliphatic heterocycles. The molecule has 1 fully saturated rings. The molecule has 168 valence electrons. The molecule has 0 spiro atoms. The van der Waals surface area contributed by atoms with Crippen LogP contribution in [-0.2, 0) is 15.8 Å². The number of alkyl halides is 3. The van der Waals surface area contributed by atoms with Crippen LogP contribution in [0.4, 0.5) is 30.2 Å². The standard InChI is InChI=1S/C23H23F3N4O2/c1-14(31)29(2)16-9-10-30(13-16)21-8-7-15(11-19(21)23(24,25)26)27-12-18-17-5-3-4-6-20(17)28-22(18)32/h3-8,11-12,16,27H,9-10,13H2,1-2H3,(H,28,32). The van der Waals surface area contributed by atoms with Crippen LogP contribution in [0.3, 0.4) is 0 Å². The van der Waals surface area contributed by atoms with Gasteiger partial charge in [-0.15, -0.1) is 0 Å². The summed E-state index contributed by atoms with van der Waals surface area (Å²) in [4.78, 5) is 27.0. The van der Waals surface area contributed by atoms with Crippen LogP contribution in [0.5, 0.6) is 0 Å². The minimum Gasteiger partial charge on any atom is -0.369 e. The van der Waals surface area contributed by atoms with E-state index in [1.807, 2.05) is 0 Å². The van der Waals surface area contributed by atoms with Gasteiger partial charge in [0.25, 0.3) is 5.91 Å². The quantitative estimate of drug-likeness (QED) is 0.695. The van der Waals surface area contributed by atoms with E-state index in [1.54, 1.807) is 47.2 Å². The number of rotatable bonds is 4. The first-order chi connectivity index (χ1) is 15.1. The Kier molecular flexibility index (Phi) is 5.58. The van der Waals surface area contributed by atoms with Crippen molar-refractivity contribution in [3.63, 3.8) is 0 Å². The van der Waals surface area contributed by atoms with Crippen molar-refractivity contribution in [2.45, 2.75) is 25.6 Å². The highest BCUT2D eigenvalue weighted by molar-refractivity contribution is 6.31. The van der Waals surface area contributed by atoms with Gasteiger partial charge in [0.05, 0.1) is 17.2 Å². The molecule has 0 aromatic heterocycles. The van der Waals surface area contributed by atoms with E-state index in [0.717, 1.165) is 6.07 Å². The Morgan fingerprint density at radius 2 is 2.00 bits per heavy atom. The van der Waals surface area contributed by atoms with Crippen molar-refractivity contribution in [3.05, 3.63) is 59.8 Å². The Balaban J connectivity index is 1.59. The number of carbonyl (C=O) groups excluding carboxylic acids is 2. The van der Waals surface area contributed by atoms with Gasteiger partial charge in [-0.05, 0) is 30.7 Å². The van der Waals surface area contributed by atoms with Gasteiger partial charge in [-0.3, -0.25) is 9.59 Å². The summed E-state index contributed by atoms with van der Waals surface area (Å²) >= 11 is 0. The largest absolute Gasteiger partial charge is 0.418 e. The number of nitrogens with zero attached hydrogens (tertiary/aromatic N) is 2. The summed E-state index contributed by atoms with van der Waals surface area (Å²) in [6.45, 7) is 2.22. The second-order valence-electron chi connectivity index (χ2n) is 7.95. The van der Waals surface area contributed by atoms with E-state index in [2.05, 4.69) is 10.6 Å². The van der Waals surface area contributed by atoms with E-state index in [0.29, 0.717) is 36.3 Å². The van der Waals surface area contributed by atoms with Gasteiger partial charge >= 0.3 is 6.18 Å². The van der Waals surface area contributed by atoms with Gasteiger partial charge in [0.1, 0.15) is 0 Å². The number of para-hydroxylation sites is 1. The van der Waals surface area contributed by atoms with Crippen LogP contribution in [-0.4, -0.2) is 42.9 Å². The first-order valence-electron chi connectivity index (χ1n) is 10.2. The lowest BCUT2D eigenvalue weighted by Crippen LogP contribution is -2.37. The van der Waals surface area contributed by atoms with Gasteiger partial charge in [-0.25, -0.2) is 0 Å². The zero-order valence-corrected chi connectivity index (χ0v) is 17.7. The van der Waals surface area contributed by atoms with Gasteiger partial charge in [0.2, 0.25) is 5.91 Å². The van der Waals surface area contributed by atoms with Crippen molar-refractivity contribution < 1.29 is 22.8 Å². The molecule has 0 aliphatic carbocycles. The minimum absolute atomic E-state index is 0.0825. The highest BCUT2D eigenvalue weighted by Crippen LogP contribution is 2.40. The minimum atomic E-state index is -4.55. The monoisotopic (exact) mass is 444 g/mol. The molecule has 2 heterocycles. The van der Waals surface area contributed by atoms with E-state index in [9.17, 15) is 22.8 Å². The van der Waals surface area contributed by atoms with Crippen molar-refractivity contribution in [2.75, 3.05) is 35.7 Å². The molecule has 2 aromatic carbocycles. The second-order valence-corrected chi connectivity index (χ2v) is 7.95. The van der Waals surface area contributed by atoms with Crippen LogP contribution >= 0.6 is 0 Å². The van der Waals surface area contributed by atoms with Gasteiger partial charge in [0, 0.05) is 55.9 Å². The van der Waals surface area contributed by atoms with Crippen LogP contribution in [0.15, 0.2) is 48.7 Å². The normalized spacial score (nSPS) is 19.2. The SMILES string of the molecule is CC(=O)N(C)C1CCN(c2ccc(NC=C3C(=O)Nc4ccccc43)cc2C(F)(F)F)C1. The number of amides is 2. The van der Waals surface area contributed by atoms with E-state index in [1.165, 1.54) is 19.2 Å². The van der Waals surface area contributed by atoms with Crippen LogP contribution in [0.25, 0.3) is 5.57 Å². The topological polar surface area (TPSA) is 64.7 Å². The van der Waals surface area contributed by atoms with Gasteiger partial charge < -0.3 is 20.4 Å². The Hall–Kier alpha value is -3.49. The molecule has 0 bridgehead atoms. The smallest absolute Gasteiger partial charge is 0.369 e. The molecule has 1 unspecified atom stereocenters. The zero-order chi connectivity index (χ0) is 23.0. The molecule has 2 amide bonds. The third-order valence-electron chi connectivity index (χ3n) is 5.94. The predicted octanol–water partition coefficient (Wildman–Crippen LogP) is 4.17. The van der Waals surface area contributed by atoms with Crippen molar-refractivity contribution in [1.82, 2.24) is 4.90 Å². The highest BCUT2D eigenvalue weighted by Gasteiger charge is 2.37. The molecule has 1 saturated heterocycles. The lowest BCUT2D eigenvalue weighted by atomic mass is 10.1. The van der Waals surface area contributed by atoms with Crippen LogP contribution < -0.4 is 15.5 Å². The Bertz CT molecular complexity index is 1100. The molecule has 32 heavy (non-hydrogen) atoms. The average Bonchev–Trinajstić information content (AvgIpc) is 3.35. The summed E-state index contributed by atoms with van der Waals surface area (Å²) in [6.07, 6.45) is -2.53. The summed E-state index contributed by atoms with van der Waals surface area (Å²) in [7, 11) is 1.67. The zero-order valence-electron chi connectivity index (χ0n) is 17.7. The number of halogens is 3. The van der Waals surface area contributed by atoms with Crippen LogP contribution in [0.1, 0.15) is 24.5 Å². The fourth-order valence-corrected chi connectivity index (χ4v) is 4.10. The molecule has 6 nitrogen and oxygen atoms in total. The Labute approximate surface area is 183 Å². The van der Waals surface area contributed by atoms with Crippen molar-refractivity contribution in [1.29, 1.82) is 0 Å². The van der Waals surface area contributed by atoms with Crippen molar-refractivity contribution in [2.24, 2.45) is 0 Å². The van der Waals surface area contributed by atoms with Crippen LogP contribution in [0.2, 0.25) is 0 Å². The maximum absolute atomic E-state index is 13.9. The van der Waals surface area contributed by atoms with E-state index < -0.39 is 11.7 Å². The summed E-state index contributed by atoms with van der Waals surface area (Å²) < 4.78 is 41.6. The summed E-state index contributed by atoms with van der Waals surface area (Å²) in [5.74, 6) is -0.429. The fraction of sp³-hybridized carbons (Fsp3) is 0.304. The number of likely N-dealkylation sites (N-methyl/N-ethyl adjacent to an activating group) is 1. The second kappa shape index (κ2) is 8.22. The molecular formula is C23H23F3N4O2. The summed E-state index contributed by atoms with van der Waals surface area (Å²) in [5, 5.41) is 5.56. The number of carbonyl (C=O) groups is 2.